The van der Waals surface area contributed by atoms with Crippen molar-refractivity contribution >= 4 is 19.0 Å². The Hall–Kier alpha value is -1.41. The fourth-order valence-electron chi connectivity index (χ4n) is 0.804. The number of nitrogens with zero attached hydrogens (tertiary/aromatic N) is 3. The van der Waals surface area contributed by atoms with Crippen LogP contribution >= 0.6 is 7.60 Å². The number of aliphatic carboxylic acids is 1. The van der Waals surface area contributed by atoms with Crippen molar-refractivity contribution in [1.82, 2.24) is 15.2 Å². The lowest BCUT2D eigenvalue weighted by molar-refractivity contribution is -0.138. The van der Waals surface area contributed by atoms with Gasteiger partial charge < -0.3 is 20.6 Å². The van der Waals surface area contributed by atoms with E-state index in [1.807, 2.05) is 0 Å². The highest BCUT2D eigenvalue weighted by molar-refractivity contribution is 7.59. The van der Waals surface area contributed by atoms with E-state index in [1.165, 1.54) is 0 Å². The second-order valence-electron chi connectivity index (χ2n) is 2.93. The summed E-state index contributed by atoms with van der Waals surface area (Å²) in [5.41, 5.74) is 4.64. The zero-order valence-corrected chi connectivity index (χ0v) is 8.78. The Morgan fingerprint density at radius 2 is 2.12 bits per heavy atom. The van der Waals surface area contributed by atoms with Crippen LogP contribution in [-0.2, 0) is 15.8 Å². The van der Waals surface area contributed by atoms with Gasteiger partial charge >= 0.3 is 13.6 Å². The molecule has 16 heavy (non-hydrogen) atoms. The molecule has 88 valence electrons. The summed E-state index contributed by atoms with van der Waals surface area (Å²) in [4.78, 5) is 31.4. The van der Waals surface area contributed by atoms with Crippen molar-refractivity contribution in [3.63, 3.8) is 0 Å². The van der Waals surface area contributed by atoms with E-state index in [9.17, 15) is 9.36 Å². The number of hydrogen-bond acceptors (Lipinski definition) is 6. The maximum Gasteiger partial charge on any atom is 0.377 e. The van der Waals surface area contributed by atoms with Gasteiger partial charge in [-0.05, 0) is 0 Å². The maximum atomic E-state index is 10.7. The van der Waals surface area contributed by atoms with Gasteiger partial charge in [0.15, 0.2) is 11.3 Å². The monoisotopic (exact) mass is 248 g/mol. The van der Waals surface area contributed by atoms with Crippen LogP contribution in [0.2, 0.25) is 0 Å². The highest BCUT2D eigenvalue weighted by Gasteiger charge is 2.21. The van der Waals surface area contributed by atoms with Gasteiger partial charge in [0.05, 0.1) is 6.20 Å². The Balaban J connectivity index is 2.80. The van der Waals surface area contributed by atoms with Gasteiger partial charge in [0, 0.05) is 6.42 Å². The Bertz CT molecular complexity index is 429. The van der Waals surface area contributed by atoms with Gasteiger partial charge in [-0.25, -0.2) is 4.98 Å². The van der Waals surface area contributed by atoms with Crippen LogP contribution in [0.3, 0.4) is 0 Å². The molecule has 9 nitrogen and oxygen atoms in total. The van der Waals surface area contributed by atoms with Gasteiger partial charge in [-0.1, -0.05) is 0 Å². The summed E-state index contributed by atoms with van der Waals surface area (Å²) >= 11 is 0. The van der Waals surface area contributed by atoms with E-state index in [2.05, 4.69) is 15.2 Å². The van der Waals surface area contributed by atoms with Crippen LogP contribution in [0.25, 0.3) is 0 Å². The predicted octanol–water partition coefficient (Wildman–Crippen LogP) is -2.37. The van der Waals surface area contributed by atoms with Gasteiger partial charge in [-0.15, -0.1) is 10.2 Å². The second kappa shape index (κ2) is 4.62. The third-order valence-corrected chi connectivity index (χ3v) is 2.42. The van der Waals surface area contributed by atoms with Crippen molar-refractivity contribution < 1.29 is 24.3 Å². The van der Waals surface area contributed by atoms with Crippen molar-refractivity contribution in [2.24, 2.45) is 5.73 Å². The number of hydrogen-bond donors (Lipinski definition) is 4. The van der Waals surface area contributed by atoms with Crippen molar-refractivity contribution in [3.8, 4) is 0 Å². The first-order valence-electron chi connectivity index (χ1n) is 4.04. The van der Waals surface area contributed by atoms with E-state index in [0.717, 1.165) is 6.20 Å². The molecule has 0 saturated heterocycles. The highest BCUT2D eigenvalue weighted by Crippen LogP contribution is 2.30. The quantitative estimate of drug-likeness (QED) is 0.427. The lowest BCUT2D eigenvalue weighted by atomic mass is 10.2. The minimum atomic E-state index is -4.47. The van der Waals surface area contributed by atoms with Gasteiger partial charge in [0.2, 0.25) is 0 Å². The van der Waals surface area contributed by atoms with Gasteiger partial charge in [-0.2, -0.15) is 0 Å². The zero-order chi connectivity index (χ0) is 12.3. The number of carbonyl (C=O) groups is 1. The van der Waals surface area contributed by atoms with Crippen molar-refractivity contribution in [3.05, 3.63) is 12.0 Å². The normalized spacial score (nSPS) is 13.4. The number of carboxylic acids is 1. The van der Waals surface area contributed by atoms with Crippen LogP contribution in [0.4, 0.5) is 0 Å². The minimum Gasteiger partial charge on any atom is -0.480 e. The second-order valence-corrected chi connectivity index (χ2v) is 4.47. The molecule has 0 radical (unpaired) electrons. The first-order chi connectivity index (χ1) is 7.30. The van der Waals surface area contributed by atoms with Crippen LogP contribution in [-0.4, -0.2) is 42.1 Å². The van der Waals surface area contributed by atoms with Crippen molar-refractivity contribution in [2.75, 3.05) is 0 Å². The van der Waals surface area contributed by atoms with Crippen LogP contribution in [0.1, 0.15) is 5.82 Å². The van der Waals surface area contributed by atoms with E-state index < -0.39 is 25.0 Å². The van der Waals surface area contributed by atoms with E-state index >= 15 is 0 Å². The van der Waals surface area contributed by atoms with Gasteiger partial charge in [0.1, 0.15) is 6.04 Å². The Morgan fingerprint density at radius 1 is 1.50 bits per heavy atom. The first kappa shape index (κ1) is 12.7. The molecule has 1 rings (SSSR count). The van der Waals surface area contributed by atoms with Crippen LogP contribution in [0, 0.1) is 0 Å². The molecule has 0 unspecified atom stereocenters. The first-order valence-corrected chi connectivity index (χ1v) is 5.65. The third kappa shape index (κ3) is 3.31. The molecule has 0 bridgehead atoms. The lowest BCUT2D eigenvalue weighted by Crippen LogP contribution is -2.33. The Morgan fingerprint density at radius 3 is 2.50 bits per heavy atom. The van der Waals surface area contributed by atoms with E-state index in [1.54, 1.807) is 0 Å². The van der Waals surface area contributed by atoms with Crippen LogP contribution in [0.5, 0.6) is 0 Å². The van der Waals surface area contributed by atoms with E-state index in [0.29, 0.717) is 0 Å². The van der Waals surface area contributed by atoms with E-state index in [4.69, 9.17) is 20.6 Å². The fourth-order valence-corrected chi connectivity index (χ4v) is 1.17. The summed E-state index contributed by atoms with van der Waals surface area (Å²) in [6.07, 6.45) is 0.682. The molecular formula is C6H9N4O5P. The van der Waals surface area contributed by atoms with Crippen LogP contribution < -0.4 is 11.2 Å². The molecule has 1 heterocycles. The predicted molar refractivity (Wildman–Crippen MR) is 50.8 cm³/mol. The largest absolute Gasteiger partial charge is 0.480 e. The van der Waals surface area contributed by atoms with Crippen molar-refractivity contribution in [2.45, 2.75) is 12.5 Å². The summed E-state index contributed by atoms with van der Waals surface area (Å²) < 4.78 is 10.7. The Labute approximate surface area is 89.5 Å². The SMILES string of the molecule is N[C@@H](Cc1ncc(P(=O)(O)O)nn1)C(=O)O. The average molecular weight is 248 g/mol. The highest BCUT2D eigenvalue weighted by atomic mass is 31.2. The Kier molecular flexibility index (Phi) is 3.66. The molecule has 1 atom stereocenters. The lowest BCUT2D eigenvalue weighted by Gasteiger charge is -2.05. The van der Waals surface area contributed by atoms with Crippen LogP contribution in [0.15, 0.2) is 6.20 Å². The summed E-state index contributed by atoms with van der Waals surface area (Å²) in [5.74, 6) is -1.21. The number of rotatable bonds is 4. The summed E-state index contributed by atoms with van der Waals surface area (Å²) in [6.45, 7) is 0. The summed E-state index contributed by atoms with van der Waals surface area (Å²) in [7, 11) is -4.47. The molecule has 0 saturated carbocycles. The minimum absolute atomic E-state index is 0.00657. The third-order valence-electron chi connectivity index (χ3n) is 1.62. The molecule has 0 aliphatic rings. The van der Waals surface area contributed by atoms with E-state index in [-0.39, 0.29) is 12.2 Å². The topological polar surface area (TPSA) is 160 Å². The molecule has 10 heteroatoms. The molecule has 1 aromatic rings. The molecule has 0 amide bonds. The fraction of sp³-hybridized carbons (Fsp3) is 0.333. The van der Waals surface area contributed by atoms with Gasteiger partial charge in [-0.3, -0.25) is 9.36 Å². The molecule has 0 aliphatic heterocycles. The maximum absolute atomic E-state index is 10.7. The molecule has 0 spiro atoms. The zero-order valence-electron chi connectivity index (χ0n) is 7.89. The summed E-state index contributed by atoms with van der Waals surface area (Å²) in [5, 5.41) is 15.1. The number of carboxylic acid groups (broad SMARTS) is 1. The number of aromatic nitrogens is 3. The molecular weight excluding hydrogens is 239 g/mol. The summed E-state index contributed by atoms with van der Waals surface area (Å²) in [6, 6.07) is -1.18. The smallest absolute Gasteiger partial charge is 0.377 e. The molecule has 5 N–H and O–H groups in total. The molecule has 0 aliphatic carbocycles. The standard InChI is InChI=1S/C6H9N4O5P/c7-3(6(11)12)1-4-8-2-5(10-9-4)16(13,14)15/h2-3H,1,7H2,(H,11,12)(H2,13,14,15)/t3-/m0/s1. The molecule has 1 aromatic heterocycles. The van der Waals surface area contributed by atoms with Gasteiger partial charge in [0.25, 0.3) is 0 Å². The average Bonchev–Trinajstić information content (AvgIpc) is 2.17. The number of nitrogens with two attached hydrogens (primary N) is 1. The van der Waals surface area contributed by atoms with Crippen molar-refractivity contribution in [1.29, 1.82) is 0 Å². The molecule has 0 aromatic carbocycles. The molecule has 0 fully saturated rings.